The Kier molecular flexibility index (Phi) is 8.88. The van der Waals surface area contributed by atoms with E-state index in [1.54, 1.807) is 23.6 Å². The molecule has 3 heterocycles. The molecule has 0 spiro atoms. The first-order chi connectivity index (χ1) is 21.3. The van der Waals surface area contributed by atoms with E-state index in [2.05, 4.69) is 10.00 Å². The predicted octanol–water partition coefficient (Wildman–Crippen LogP) is 5.49. The van der Waals surface area contributed by atoms with Crippen molar-refractivity contribution in [2.45, 2.75) is 66.2 Å². The number of piperazine rings is 1. The summed E-state index contributed by atoms with van der Waals surface area (Å²) in [6.07, 6.45) is 1.59. The maximum Gasteiger partial charge on any atom is 0.410 e. The Labute approximate surface area is 263 Å². The molecule has 1 aliphatic rings. The molecule has 0 aliphatic carbocycles. The summed E-state index contributed by atoms with van der Waals surface area (Å²) in [7, 11) is 3.41. The second-order valence-corrected chi connectivity index (χ2v) is 12.5. The normalized spacial score (nSPS) is 17.2. The quantitative estimate of drug-likeness (QED) is 0.194. The molecule has 1 amide bonds. The smallest absolute Gasteiger partial charge is 0.410 e. The number of fused-ring (bicyclic) bond motifs is 2. The zero-order valence-electron chi connectivity index (χ0n) is 27.5. The van der Waals surface area contributed by atoms with Gasteiger partial charge in [-0.1, -0.05) is 0 Å². The monoisotopic (exact) mass is 618 g/mol. The molecule has 2 atom stereocenters. The van der Waals surface area contributed by atoms with Gasteiger partial charge >= 0.3 is 12.1 Å². The van der Waals surface area contributed by atoms with Crippen LogP contribution in [0, 0.1) is 6.92 Å². The number of rotatable bonds is 7. The first-order valence-electron chi connectivity index (χ1n) is 15.2. The second-order valence-electron chi connectivity index (χ2n) is 12.5. The van der Waals surface area contributed by atoms with Gasteiger partial charge in [-0.3, -0.25) is 9.58 Å². The van der Waals surface area contributed by atoms with E-state index in [1.807, 2.05) is 79.1 Å². The molecule has 0 saturated carbocycles. The van der Waals surface area contributed by atoms with E-state index in [-0.39, 0.29) is 37.3 Å². The Morgan fingerprint density at radius 3 is 2.42 bits per heavy atom. The summed E-state index contributed by atoms with van der Waals surface area (Å²) in [6.45, 7) is 14.7. The fourth-order valence-corrected chi connectivity index (χ4v) is 5.90. The highest BCUT2D eigenvalue weighted by Crippen LogP contribution is 2.38. The highest BCUT2D eigenvalue weighted by molar-refractivity contribution is 6.03. The fraction of sp³-hybridized carbons (Fsp3) is 0.485. The standard InChI is InChI=1S/C33H42N6O6/c1-10-43-31(40)28-24-14-23(38-15-19(2)39(20(3)16-38)32(41)45-33(5,6)7)11-12-26(24)34-30(35-28)25-13-22-17-37(8)36-27(22)21(4)29(25)44-18-42-9/h11-14,17,19-20H,10,15-16,18H2,1-9H3/t19-,20-/m0/s1. The lowest BCUT2D eigenvalue weighted by Crippen LogP contribution is -2.59. The molecule has 12 heteroatoms. The van der Waals surface area contributed by atoms with Crippen LogP contribution < -0.4 is 9.64 Å². The number of methoxy groups -OCH3 is 1. The number of amides is 1. The molecule has 1 aliphatic heterocycles. The van der Waals surface area contributed by atoms with Gasteiger partial charge < -0.3 is 23.8 Å². The number of hydrogen-bond donors (Lipinski definition) is 0. The summed E-state index contributed by atoms with van der Waals surface area (Å²) < 4.78 is 24.1. The number of anilines is 1. The summed E-state index contributed by atoms with van der Waals surface area (Å²) in [5.74, 6) is 0.310. The Morgan fingerprint density at radius 2 is 1.78 bits per heavy atom. The molecule has 12 nitrogen and oxygen atoms in total. The summed E-state index contributed by atoms with van der Waals surface area (Å²) in [5.41, 5.74) is 3.28. The number of benzene rings is 2. The van der Waals surface area contributed by atoms with Gasteiger partial charge in [-0.15, -0.1) is 0 Å². The van der Waals surface area contributed by atoms with Gasteiger partial charge in [-0.25, -0.2) is 19.6 Å². The van der Waals surface area contributed by atoms with Crippen molar-refractivity contribution < 1.29 is 28.5 Å². The molecule has 2 aromatic carbocycles. The molecule has 0 bridgehead atoms. The minimum Gasteiger partial charge on any atom is -0.466 e. The van der Waals surface area contributed by atoms with Crippen LogP contribution in [-0.2, 0) is 21.3 Å². The van der Waals surface area contributed by atoms with E-state index in [9.17, 15) is 9.59 Å². The largest absolute Gasteiger partial charge is 0.466 e. The first kappa shape index (κ1) is 32.0. The van der Waals surface area contributed by atoms with Gasteiger partial charge in [-0.2, -0.15) is 5.10 Å². The lowest BCUT2D eigenvalue weighted by molar-refractivity contribution is 0.00563. The number of carbonyl (C=O) groups excluding carboxylic acids is 2. The molecular formula is C33H42N6O6. The van der Waals surface area contributed by atoms with Gasteiger partial charge in [0, 0.05) is 55.5 Å². The summed E-state index contributed by atoms with van der Waals surface area (Å²) in [4.78, 5) is 40.0. The molecule has 1 saturated heterocycles. The van der Waals surface area contributed by atoms with Crippen molar-refractivity contribution >= 4 is 39.6 Å². The van der Waals surface area contributed by atoms with Gasteiger partial charge in [0.25, 0.3) is 0 Å². The van der Waals surface area contributed by atoms with E-state index in [1.165, 1.54) is 0 Å². The Morgan fingerprint density at radius 1 is 1.07 bits per heavy atom. The van der Waals surface area contributed by atoms with Gasteiger partial charge in [0.2, 0.25) is 0 Å². The minimum atomic E-state index is -0.576. The number of nitrogens with zero attached hydrogens (tertiary/aromatic N) is 6. The average molecular weight is 619 g/mol. The van der Waals surface area contributed by atoms with Crippen molar-refractivity contribution in [2.24, 2.45) is 7.05 Å². The highest BCUT2D eigenvalue weighted by atomic mass is 16.7. The maximum atomic E-state index is 13.4. The average Bonchev–Trinajstić information content (AvgIpc) is 3.35. The molecule has 1 fully saturated rings. The van der Waals surface area contributed by atoms with E-state index in [0.717, 1.165) is 22.2 Å². The maximum absolute atomic E-state index is 13.4. The number of esters is 1. The zero-order chi connectivity index (χ0) is 32.6. The van der Waals surface area contributed by atoms with E-state index in [0.29, 0.717) is 41.1 Å². The third-order valence-electron chi connectivity index (χ3n) is 7.70. The van der Waals surface area contributed by atoms with Gasteiger partial charge in [0.05, 0.1) is 35.3 Å². The van der Waals surface area contributed by atoms with Crippen LogP contribution in [0.5, 0.6) is 5.75 Å². The third kappa shape index (κ3) is 6.51. The van der Waals surface area contributed by atoms with E-state index < -0.39 is 11.6 Å². The molecule has 240 valence electrons. The van der Waals surface area contributed by atoms with Crippen LogP contribution in [0.1, 0.15) is 57.6 Å². The van der Waals surface area contributed by atoms with Crippen molar-refractivity contribution in [3.8, 4) is 17.1 Å². The number of aromatic nitrogens is 4. The lowest BCUT2D eigenvalue weighted by atomic mass is 10.0. The van der Waals surface area contributed by atoms with Crippen molar-refractivity contribution in [3.63, 3.8) is 0 Å². The first-order valence-corrected chi connectivity index (χ1v) is 15.2. The predicted molar refractivity (Wildman–Crippen MR) is 172 cm³/mol. The molecule has 2 aromatic heterocycles. The molecule has 0 N–H and O–H groups in total. The van der Waals surface area contributed by atoms with Crippen molar-refractivity contribution in [1.29, 1.82) is 0 Å². The Balaban J connectivity index is 1.57. The summed E-state index contributed by atoms with van der Waals surface area (Å²) in [5, 5.41) is 6.04. The van der Waals surface area contributed by atoms with Crippen LogP contribution in [0.15, 0.2) is 30.5 Å². The molecule has 45 heavy (non-hydrogen) atoms. The lowest BCUT2D eigenvalue weighted by Gasteiger charge is -2.45. The zero-order valence-corrected chi connectivity index (χ0v) is 27.5. The summed E-state index contributed by atoms with van der Waals surface area (Å²) in [6, 6.07) is 7.51. The van der Waals surface area contributed by atoms with E-state index in [4.69, 9.17) is 28.9 Å². The van der Waals surface area contributed by atoms with Gasteiger partial charge in [-0.05, 0) is 72.7 Å². The SMILES string of the molecule is CCOC(=O)c1nc(-c2cc3cn(C)nc3c(C)c2OCOC)nc2ccc(N3C[C@H](C)N(C(=O)OC(C)(C)C)[C@@H](C)C3)cc12. The topological polar surface area (TPSA) is 121 Å². The van der Waals surface area contributed by atoms with Crippen LogP contribution in [0.4, 0.5) is 10.5 Å². The van der Waals surface area contributed by atoms with Crippen LogP contribution in [-0.4, -0.2) is 88.0 Å². The van der Waals surface area contributed by atoms with E-state index >= 15 is 0 Å². The minimum absolute atomic E-state index is 0.0197. The fourth-order valence-electron chi connectivity index (χ4n) is 5.90. The second kappa shape index (κ2) is 12.5. The number of aryl methyl sites for hydroxylation is 2. The van der Waals surface area contributed by atoms with Gasteiger partial charge in [0.1, 0.15) is 11.4 Å². The molecule has 5 rings (SSSR count). The van der Waals surface area contributed by atoms with Crippen LogP contribution in [0.3, 0.4) is 0 Å². The Bertz CT molecular complexity index is 1730. The van der Waals surface area contributed by atoms with Crippen molar-refractivity contribution in [2.75, 3.05) is 38.5 Å². The van der Waals surface area contributed by atoms with Crippen LogP contribution in [0.2, 0.25) is 0 Å². The van der Waals surface area contributed by atoms with Crippen LogP contribution in [0.25, 0.3) is 33.2 Å². The molecule has 0 radical (unpaired) electrons. The number of carbonyl (C=O) groups is 2. The Hall–Kier alpha value is -4.45. The number of hydrogen-bond acceptors (Lipinski definition) is 10. The van der Waals surface area contributed by atoms with Crippen LogP contribution >= 0.6 is 0 Å². The third-order valence-corrected chi connectivity index (χ3v) is 7.70. The van der Waals surface area contributed by atoms with Crippen molar-refractivity contribution in [1.82, 2.24) is 24.6 Å². The number of ether oxygens (including phenoxy) is 4. The molecular weight excluding hydrogens is 576 g/mol. The van der Waals surface area contributed by atoms with Gasteiger partial charge in [0.15, 0.2) is 18.3 Å². The molecule has 0 unspecified atom stereocenters. The van der Waals surface area contributed by atoms with Crippen molar-refractivity contribution in [3.05, 3.63) is 41.7 Å². The molecule has 4 aromatic rings. The highest BCUT2D eigenvalue weighted by Gasteiger charge is 2.36. The summed E-state index contributed by atoms with van der Waals surface area (Å²) >= 11 is 0.